The number of aromatic nitrogens is 6. The number of hydrogen-bond acceptors (Lipinski definition) is 4. The smallest absolute Gasteiger partial charge is 0.125 e. The van der Waals surface area contributed by atoms with Crippen LogP contribution < -0.4 is 0 Å². The summed E-state index contributed by atoms with van der Waals surface area (Å²) in [6.45, 7) is 5.41. The molecule has 0 bridgehead atoms. The van der Waals surface area contributed by atoms with E-state index in [1.54, 1.807) is 10.7 Å². The van der Waals surface area contributed by atoms with Gasteiger partial charge in [-0.25, -0.2) is 19.0 Å². The predicted octanol–water partition coefficient (Wildman–Crippen LogP) is 6.88. The Bertz CT molecular complexity index is 1710. The average Bonchev–Trinajstić information content (AvgIpc) is 3.69. The fraction of sp³-hybridized carbons (Fsp3) is 0.206. The van der Waals surface area contributed by atoms with Gasteiger partial charge in [-0.15, -0.1) is 0 Å². The first kappa shape index (κ1) is 27.4. The summed E-state index contributed by atoms with van der Waals surface area (Å²) in [5.74, 6) is 1.62. The van der Waals surface area contributed by atoms with Gasteiger partial charge >= 0.3 is 0 Å². The molecule has 8 heteroatoms. The van der Waals surface area contributed by atoms with E-state index in [2.05, 4.69) is 64.4 Å². The van der Waals surface area contributed by atoms with E-state index in [9.17, 15) is 4.39 Å². The molecular formula is C34H34FN7. The zero-order valence-electron chi connectivity index (χ0n) is 24.3. The minimum absolute atomic E-state index is 0.0268. The molecule has 0 aliphatic rings. The highest BCUT2D eigenvalue weighted by atomic mass is 19.1. The molecule has 6 aromatic rings. The maximum atomic E-state index is 14.0. The molecule has 1 atom stereocenters. The van der Waals surface area contributed by atoms with Crippen molar-refractivity contribution in [3.05, 3.63) is 132 Å². The lowest BCUT2D eigenvalue weighted by molar-refractivity contribution is 0.178. The average molecular weight is 560 g/mol. The molecule has 212 valence electrons. The highest BCUT2D eigenvalue weighted by Crippen LogP contribution is 2.30. The number of nitrogens with zero attached hydrogens (tertiary/aromatic N) is 7. The van der Waals surface area contributed by atoms with Gasteiger partial charge in [-0.3, -0.25) is 4.90 Å². The van der Waals surface area contributed by atoms with Crippen LogP contribution in [0.1, 0.15) is 35.9 Å². The second kappa shape index (κ2) is 11.6. The quantitative estimate of drug-likeness (QED) is 0.194. The van der Waals surface area contributed by atoms with Crippen LogP contribution in [0.2, 0.25) is 0 Å². The van der Waals surface area contributed by atoms with Crippen LogP contribution in [-0.2, 0) is 27.2 Å². The highest BCUT2D eigenvalue weighted by Gasteiger charge is 2.25. The van der Waals surface area contributed by atoms with Crippen LogP contribution in [0.4, 0.5) is 4.39 Å². The number of hydrogen-bond donors (Lipinski definition) is 0. The third kappa shape index (κ3) is 5.29. The minimum atomic E-state index is -0.286. The first-order valence-electron chi connectivity index (χ1n) is 14.1. The number of rotatable bonds is 9. The van der Waals surface area contributed by atoms with Crippen molar-refractivity contribution in [3.8, 4) is 28.2 Å². The zero-order valence-corrected chi connectivity index (χ0v) is 24.3. The Hall–Kier alpha value is -4.82. The van der Waals surface area contributed by atoms with Crippen molar-refractivity contribution < 1.29 is 4.39 Å². The van der Waals surface area contributed by atoms with E-state index in [0.717, 1.165) is 45.4 Å². The Morgan fingerprint density at radius 2 is 1.29 bits per heavy atom. The largest absolute Gasteiger partial charge is 0.330 e. The summed E-state index contributed by atoms with van der Waals surface area (Å²) in [5, 5.41) is 4.65. The second-order valence-electron chi connectivity index (χ2n) is 10.6. The summed E-state index contributed by atoms with van der Waals surface area (Å²) in [7, 11) is 4.13. The SMILES string of the molecule is Cc1c(C(C)N(Cc2ncc(-c3ccccc3)n2C)Cc2ncc(-c3ccccc3)n2C)cnn1-c1cccc(F)c1. The first-order chi connectivity index (χ1) is 20.4. The van der Waals surface area contributed by atoms with E-state index in [0.29, 0.717) is 18.8 Å². The van der Waals surface area contributed by atoms with Crippen LogP contribution in [0.15, 0.2) is 104 Å². The van der Waals surface area contributed by atoms with E-state index in [4.69, 9.17) is 9.97 Å². The van der Waals surface area contributed by atoms with Crippen molar-refractivity contribution in [1.29, 1.82) is 0 Å². The van der Waals surface area contributed by atoms with Gasteiger partial charge in [-0.05, 0) is 43.2 Å². The number of benzene rings is 3. The van der Waals surface area contributed by atoms with Gasteiger partial charge in [0.05, 0.1) is 48.8 Å². The van der Waals surface area contributed by atoms with Gasteiger partial charge in [0.25, 0.3) is 0 Å². The molecular weight excluding hydrogens is 525 g/mol. The summed E-state index contributed by atoms with van der Waals surface area (Å²) in [5.41, 5.74) is 7.12. The molecule has 3 aromatic carbocycles. The van der Waals surface area contributed by atoms with Crippen LogP contribution in [0.5, 0.6) is 0 Å². The standard InChI is InChI=1S/C34H34FN7/c1-24(30-19-38-42(25(30)2)29-17-11-16-28(35)18-29)41(22-33-36-20-31(39(33)3)26-12-7-5-8-13-26)23-34-37-21-32(40(34)4)27-14-9-6-10-15-27/h5-21,24H,22-23H2,1-4H3. The third-order valence-corrected chi connectivity index (χ3v) is 8.10. The topological polar surface area (TPSA) is 56.7 Å². The molecule has 0 fully saturated rings. The van der Waals surface area contributed by atoms with Crippen molar-refractivity contribution in [3.63, 3.8) is 0 Å². The molecule has 7 nitrogen and oxygen atoms in total. The highest BCUT2D eigenvalue weighted by molar-refractivity contribution is 5.59. The van der Waals surface area contributed by atoms with Crippen LogP contribution in [0.3, 0.4) is 0 Å². The van der Waals surface area contributed by atoms with Gasteiger partial charge < -0.3 is 9.13 Å². The summed E-state index contributed by atoms with van der Waals surface area (Å²) in [6.07, 6.45) is 5.77. The molecule has 0 saturated carbocycles. The Balaban J connectivity index is 1.35. The van der Waals surface area contributed by atoms with E-state index in [-0.39, 0.29) is 11.9 Å². The van der Waals surface area contributed by atoms with Gasteiger partial charge in [0, 0.05) is 31.4 Å². The minimum Gasteiger partial charge on any atom is -0.330 e. The lowest BCUT2D eigenvalue weighted by Crippen LogP contribution is -2.29. The van der Waals surface area contributed by atoms with Gasteiger partial charge in [0.2, 0.25) is 0 Å². The lowest BCUT2D eigenvalue weighted by Gasteiger charge is -2.29. The summed E-state index contributed by atoms with van der Waals surface area (Å²) < 4.78 is 20.1. The Morgan fingerprint density at radius 1 is 0.738 bits per heavy atom. The van der Waals surface area contributed by atoms with Gasteiger partial charge in [-0.1, -0.05) is 66.7 Å². The monoisotopic (exact) mass is 559 g/mol. The van der Waals surface area contributed by atoms with Crippen molar-refractivity contribution in [1.82, 2.24) is 33.8 Å². The maximum absolute atomic E-state index is 14.0. The maximum Gasteiger partial charge on any atom is 0.125 e. The number of halogens is 1. The Labute approximate surface area is 245 Å². The van der Waals surface area contributed by atoms with Gasteiger partial charge in [0.15, 0.2) is 0 Å². The van der Waals surface area contributed by atoms with Crippen molar-refractivity contribution in [2.45, 2.75) is 33.0 Å². The normalized spacial score (nSPS) is 12.2. The van der Waals surface area contributed by atoms with E-state index >= 15 is 0 Å². The molecule has 6 rings (SSSR count). The molecule has 0 spiro atoms. The van der Waals surface area contributed by atoms with Crippen molar-refractivity contribution in [2.24, 2.45) is 14.1 Å². The molecule has 0 aliphatic carbocycles. The van der Waals surface area contributed by atoms with Crippen LogP contribution in [0, 0.1) is 12.7 Å². The second-order valence-corrected chi connectivity index (χ2v) is 10.6. The molecule has 3 heterocycles. The molecule has 0 saturated heterocycles. The fourth-order valence-electron chi connectivity index (χ4n) is 5.53. The van der Waals surface area contributed by atoms with Crippen LogP contribution in [-0.4, -0.2) is 33.8 Å². The molecule has 42 heavy (non-hydrogen) atoms. The molecule has 1 unspecified atom stereocenters. The van der Waals surface area contributed by atoms with Crippen molar-refractivity contribution >= 4 is 0 Å². The first-order valence-corrected chi connectivity index (χ1v) is 14.1. The Kier molecular flexibility index (Phi) is 7.54. The zero-order chi connectivity index (χ0) is 29.2. The van der Waals surface area contributed by atoms with E-state index in [1.165, 1.54) is 12.1 Å². The third-order valence-electron chi connectivity index (χ3n) is 8.10. The Morgan fingerprint density at radius 3 is 1.81 bits per heavy atom. The van der Waals surface area contributed by atoms with E-state index in [1.807, 2.05) is 68.0 Å². The summed E-state index contributed by atoms with van der Waals surface area (Å²) >= 11 is 0. The molecule has 0 aliphatic heterocycles. The van der Waals surface area contributed by atoms with Gasteiger partial charge in [0.1, 0.15) is 17.5 Å². The summed E-state index contributed by atoms with van der Waals surface area (Å²) in [6, 6.07) is 27.1. The lowest BCUT2D eigenvalue weighted by atomic mass is 10.1. The number of imidazole rings is 2. The van der Waals surface area contributed by atoms with Crippen molar-refractivity contribution in [2.75, 3.05) is 0 Å². The van der Waals surface area contributed by atoms with Crippen LogP contribution in [0.25, 0.3) is 28.2 Å². The molecule has 0 amide bonds. The van der Waals surface area contributed by atoms with Crippen LogP contribution >= 0.6 is 0 Å². The van der Waals surface area contributed by atoms with Gasteiger partial charge in [-0.2, -0.15) is 5.10 Å². The molecule has 0 radical (unpaired) electrons. The fourth-order valence-corrected chi connectivity index (χ4v) is 5.53. The van der Waals surface area contributed by atoms with E-state index < -0.39 is 0 Å². The summed E-state index contributed by atoms with van der Waals surface area (Å²) in [4.78, 5) is 12.1. The predicted molar refractivity (Wildman–Crippen MR) is 163 cm³/mol. The molecule has 3 aromatic heterocycles. The molecule has 0 N–H and O–H groups in total.